The molecule has 2 N–H and O–H groups in total. The summed E-state index contributed by atoms with van der Waals surface area (Å²) >= 11 is 0. The number of carbonyl (C=O) groups excluding carboxylic acids is 1. The quantitative estimate of drug-likeness (QED) is 0.775. The van der Waals surface area contributed by atoms with E-state index in [0.717, 1.165) is 11.1 Å². The van der Waals surface area contributed by atoms with E-state index in [1.54, 1.807) is 19.2 Å². The Morgan fingerprint density at radius 3 is 2.42 bits per heavy atom. The number of esters is 1. The van der Waals surface area contributed by atoms with Crippen molar-refractivity contribution < 1.29 is 19.0 Å². The lowest BCUT2D eigenvalue weighted by Gasteiger charge is -2.15. The fraction of sp³-hybridized carbons (Fsp3) is 0.278. The molecule has 0 saturated carbocycles. The molecule has 2 rings (SSSR count). The van der Waals surface area contributed by atoms with Crippen molar-refractivity contribution in [2.24, 2.45) is 5.73 Å². The molecule has 0 amide bonds. The zero-order valence-electron chi connectivity index (χ0n) is 13.7. The fourth-order valence-electron chi connectivity index (χ4n) is 2.15. The Bertz CT molecular complexity index is 649. The van der Waals surface area contributed by atoms with Crippen molar-refractivity contribution in [2.75, 3.05) is 14.2 Å². The van der Waals surface area contributed by atoms with Gasteiger partial charge in [-0.15, -0.1) is 12.4 Å². The van der Waals surface area contributed by atoms with Crippen LogP contribution in [0.4, 0.5) is 0 Å². The van der Waals surface area contributed by atoms with Crippen molar-refractivity contribution in [3.8, 4) is 11.5 Å². The predicted molar refractivity (Wildman–Crippen MR) is 94.6 cm³/mol. The molecule has 0 aliphatic rings. The van der Waals surface area contributed by atoms with Crippen molar-refractivity contribution in [3.05, 3.63) is 59.7 Å². The van der Waals surface area contributed by atoms with Crippen LogP contribution in [0.15, 0.2) is 48.5 Å². The molecular formula is C18H22ClNO4. The molecule has 0 fully saturated rings. The van der Waals surface area contributed by atoms with E-state index < -0.39 is 6.04 Å². The van der Waals surface area contributed by atoms with Gasteiger partial charge in [0.25, 0.3) is 0 Å². The molecule has 130 valence electrons. The second kappa shape index (κ2) is 9.80. The third kappa shape index (κ3) is 5.44. The first-order chi connectivity index (χ1) is 11.1. The van der Waals surface area contributed by atoms with Crippen molar-refractivity contribution >= 4 is 18.4 Å². The highest BCUT2D eigenvalue weighted by atomic mass is 35.5. The van der Waals surface area contributed by atoms with Gasteiger partial charge in [0.05, 0.1) is 20.6 Å². The van der Waals surface area contributed by atoms with E-state index in [9.17, 15) is 4.79 Å². The van der Waals surface area contributed by atoms with E-state index in [2.05, 4.69) is 4.74 Å². The lowest BCUT2D eigenvalue weighted by molar-refractivity contribution is -0.141. The fourth-order valence-corrected chi connectivity index (χ4v) is 2.15. The van der Waals surface area contributed by atoms with Crippen LogP contribution in [0.5, 0.6) is 11.5 Å². The summed E-state index contributed by atoms with van der Waals surface area (Å²) in [5, 5.41) is 0. The first kappa shape index (κ1) is 19.8. The van der Waals surface area contributed by atoms with Gasteiger partial charge in [-0.2, -0.15) is 0 Å². The molecule has 24 heavy (non-hydrogen) atoms. The molecule has 0 saturated heterocycles. The summed E-state index contributed by atoms with van der Waals surface area (Å²) in [4.78, 5) is 11.4. The summed E-state index contributed by atoms with van der Waals surface area (Å²) in [6, 6.07) is 14.8. The summed E-state index contributed by atoms with van der Waals surface area (Å²) in [5.41, 5.74) is 7.89. The summed E-state index contributed by atoms with van der Waals surface area (Å²) in [6.45, 7) is 0.424. The first-order valence-electron chi connectivity index (χ1n) is 7.31. The SMILES string of the molecule is COC(=O)C[C@@H](N)c1ccc(OC)c(OCc2ccccc2)c1.Cl. The number of benzene rings is 2. The van der Waals surface area contributed by atoms with E-state index in [4.69, 9.17) is 15.2 Å². The zero-order valence-corrected chi connectivity index (χ0v) is 14.5. The number of methoxy groups -OCH3 is 2. The molecule has 6 heteroatoms. The van der Waals surface area contributed by atoms with Gasteiger partial charge in [-0.05, 0) is 23.3 Å². The van der Waals surface area contributed by atoms with Crippen molar-refractivity contribution in [1.29, 1.82) is 0 Å². The smallest absolute Gasteiger partial charge is 0.307 e. The minimum Gasteiger partial charge on any atom is -0.493 e. The summed E-state index contributed by atoms with van der Waals surface area (Å²) in [6.07, 6.45) is 0.112. The number of ether oxygens (including phenoxy) is 3. The van der Waals surface area contributed by atoms with Crippen LogP contribution in [0, 0.1) is 0 Å². The van der Waals surface area contributed by atoms with E-state index >= 15 is 0 Å². The van der Waals surface area contributed by atoms with E-state index in [0.29, 0.717) is 18.1 Å². The van der Waals surface area contributed by atoms with Crippen LogP contribution in [0.2, 0.25) is 0 Å². The Hall–Kier alpha value is -2.24. The first-order valence-corrected chi connectivity index (χ1v) is 7.31. The Balaban J connectivity index is 0.00000288. The number of halogens is 1. The maximum absolute atomic E-state index is 11.4. The normalized spacial score (nSPS) is 11.1. The Morgan fingerprint density at radius 1 is 1.08 bits per heavy atom. The van der Waals surface area contributed by atoms with Gasteiger partial charge < -0.3 is 19.9 Å². The molecular weight excluding hydrogens is 330 g/mol. The molecule has 1 atom stereocenters. The van der Waals surface area contributed by atoms with Crippen molar-refractivity contribution in [2.45, 2.75) is 19.1 Å². The third-order valence-electron chi connectivity index (χ3n) is 3.47. The summed E-state index contributed by atoms with van der Waals surface area (Å²) < 4.78 is 15.8. The highest BCUT2D eigenvalue weighted by Gasteiger charge is 2.15. The topological polar surface area (TPSA) is 70.8 Å². The maximum atomic E-state index is 11.4. The summed E-state index contributed by atoms with van der Waals surface area (Å²) in [7, 11) is 2.93. The average molecular weight is 352 g/mol. The van der Waals surface area contributed by atoms with Gasteiger partial charge in [0.1, 0.15) is 6.61 Å². The highest BCUT2D eigenvalue weighted by molar-refractivity contribution is 5.85. The van der Waals surface area contributed by atoms with Gasteiger partial charge in [0, 0.05) is 6.04 Å². The largest absolute Gasteiger partial charge is 0.493 e. The van der Waals surface area contributed by atoms with Crippen LogP contribution < -0.4 is 15.2 Å². The Labute approximate surface area is 148 Å². The highest BCUT2D eigenvalue weighted by Crippen LogP contribution is 2.31. The van der Waals surface area contributed by atoms with Crippen molar-refractivity contribution in [3.63, 3.8) is 0 Å². The number of nitrogens with two attached hydrogens (primary N) is 1. The molecule has 0 bridgehead atoms. The molecule has 0 radical (unpaired) electrons. The summed E-state index contributed by atoms with van der Waals surface area (Å²) in [5.74, 6) is 0.865. The molecule has 0 unspecified atom stereocenters. The van der Waals surface area contributed by atoms with Crippen LogP contribution in [-0.2, 0) is 16.1 Å². The van der Waals surface area contributed by atoms with Gasteiger partial charge in [0.15, 0.2) is 11.5 Å². The van der Waals surface area contributed by atoms with Crippen LogP contribution in [0.1, 0.15) is 23.6 Å². The molecule has 0 heterocycles. The number of hydrogen-bond donors (Lipinski definition) is 1. The Kier molecular flexibility index (Phi) is 8.09. The average Bonchev–Trinajstić information content (AvgIpc) is 2.60. The minimum atomic E-state index is -0.451. The lowest BCUT2D eigenvalue weighted by atomic mass is 10.0. The second-order valence-electron chi connectivity index (χ2n) is 5.07. The van der Waals surface area contributed by atoms with Crippen molar-refractivity contribution in [1.82, 2.24) is 0 Å². The number of hydrogen-bond acceptors (Lipinski definition) is 5. The maximum Gasteiger partial charge on any atom is 0.307 e. The van der Waals surface area contributed by atoms with Gasteiger partial charge in [0.2, 0.25) is 0 Å². The van der Waals surface area contributed by atoms with Gasteiger partial charge in [-0.3, -0.25) is 4.79 Å². The molecule has 0 aromatic heterocycles. The standard InChI is InChI=1S/C18H21NO4.ClH/c1-21-16-9-8-14(15(19)11-18(20)22-2)10-17(16)23-12-13-6-4-3-5-7-13;/h3-10,15H,11-12,19H2,1-2H3;1H/t15-;/m1./s1. The Morgan fingerprint density at radius 2 is 1.79 bits per heavy atom. The van der Waals surface area contributed by atoms with Gasteiger partial charge in [-0.25, -0.2) is 0 Å². The number of rotatable bonds is 7. The second-order valence-corrected chi connectivity index (χ2v) is 5.07. The van der Waals surface area contributed by atoms with Crippen LogP contribution in [0.3, 0.4) is 0 Å². The molecule has 0 spiro atoms. The molecule has 2 aromatic carbocycles. The minimum absolute atomic E-state index is 0. The van der Waals surface area contributed by atoms with Crippen LogP contribution in [-0.4, -0.2) is 20.2 Å². The van der Waals surface area contributed by atoms with Gasteiger partial charge >= 0.3 is 5.97 Å². The van der Waals surface area contributed by atoms with E-state index in [1.165, 1.54) is 7.11 Å². The van der Waals surface area contributed by atoms with Crippen LogP contribution in [0.25, 0.3) is 0 Å². The van der Waals surface area contributed by atoms with Crippen LogP contribution >= 0.6 is 12.4 Å². The van der Waals surface area contributed by atoms with E-state index in [-0.39, 0.29) is 24.8 Å². The molecule has 2 aromatic rings. The molecule has 0 aliphatic carbocycles. The monoisotopic (exact) mass is 351 g/mol. The number of carbonyl (C=O) groups is 1. The zero-order chi connectivity index (χ0) is 16.7. The third-order valence-corrected chi connectivity index (χ3v) is 3.47. The predicted octanol–water partition coefficient (Wildman–Crippen LogP) is 3.26. The molecule has 5 nitrogen and oxygen atoms in total. The van der Waals surface area contributed by atoms with Gasteiger partial charge in [-0.1, -0.05) is 36.4 Å². The van der Waals surface area contributed by atoms with E-state index in [1.807, 2.05) is 36.4 Å². The lowest BCUT2D eigenvalue weighted by Crippen LogP contribution is -2.16. The molecule has 0 aliphatic heterocycles.